The van der Waals surface area contributed by atoms with E-state index in [9.17, 15) is 13.2 Å². The Kier molecular flexibility index (Phi) is 5.86. The molecule has 142 valence electrons. The highest BCUT2D eigenvalue weighted by Gasteiger charge is 2.14. The molecule has 0 radical (unpaired) electrons. The number of carbonyl (C=O) groups excluding carboxylic acids is 1. The van der Waals surface area contributed by atoms with Gasteiger partial charge in [0.2, 0.25) is 5.91 Å². The van der Waals surface area contributed by atoms with Crippen LogP contribution in [0.5, 0.6) is 0 Å². The zero-order valence-corrected chi connectivity index (χ0v) is 16.0. The molecule has 3 aromatic rings. The zero-order valence-electron chi connectivity index (χ0n) is 15.2. The summed E-state index contributed by atoms with van der Waals surface area (Å²) in [6.07, 6.45) is 5.43. The molecule has 6 nitrogen and oxygen atoms in total. The molecule has 0 fully saturated rings. The van der Waals surface area contributed by atoms with Gasteiger partial charge < -0.3 is 5.32 Å². The number of anilines is 2. The Hall–Kier alpha value is -3.45. The number of nitrogens with zero attached hydrogens (tertiary/aromatic N) is 1. The van der Waals surface area contributed by atoms with Crippen LogP contribution in [-0.2, 0) is 14.8 Å². The van der Waals surface area contributed by atoms with Crippen molar-refractivity contribution in [3.8, 4) is 0 Å². The third kappa shape index (κ3) is 5.28. The fourth-order valence-electron chi connectivity index (χ4n) is 2.50. The monoisotopic (exact) mass is 393 g/mol. The van der Waals surface area contributed by atoms with E-state index >= 15 is 0 Å². The minimum atomic E-state index is -3.74. The molecule has 7 heteroatoms. The first-order valence-corrected chi connectivity index (χ1v) is 10.0. The number of sulfonamides is 1. The van der Waals surface area contributed by atoms with Crippen LogP contribution in [0.15, 0.2) is 77.8 Å². The van der Waals surface area contributed by atoms with Crippen LogP contribution in [0.1, 0.15) is 18.2 Å². The summed E-state index contributed by atoms with van der Waals surface area (Å²) in [6.45, 7) is 1.39. The van der Waals surface area contributed by atoms with E-state index < -0.39 is 10.0 Å². The van der Waals surface area contributed by atoms with Gasteiger partial charge >= 0.3 is 0 Å². The molecule has 0 unspecified atom stereocenters. The van der Waals surface area contributed by atoms with Crippen molar-refractivity contribution in [3.63, 3.8) is 0 Å². The highest BCUT2D eigenvalue weighted by atomic mass is 32.2. The van der Waals surface area contributed by atoms with Crippen molar-refractivity contribution in [1.29, 1.82) is 0 Å². The van der Waals surface area contributed by atoms with Crippen molar-refractivity contribution in [2.75, 3.05) is 10.0 Å². The van der Waals surface area contributed by atoms with Crippen molar-refractivity contribution in [2.24, 2.45) is 0 Å². The molecule has 2 aromatic carbocycles. The van der Waals surface area contributed by atoms with E-state index in [0.717, 1.165) is 11.3 Å². The lowest BCUT2D eigenvalue weighted by atomic mass is 10.2. The minimum Gasteiger partial charge on any atom is -0.326 e. The highest BCUT2D eigenvalue weighted by Crippen LogP contribution is 2.20. The number of hydrogen-bond acceptors (Lipinski definition) is 4. The van der Waals surface area contributed by atoms with Gasteiger partial charge in [-0.25, -0.2) is 8.42 Å². The lowest BCUT2D eigenvalue weighted by Gasteiger charge is -2.09. The number of benzene rings is 2. The van der Waals surface area contributed by atoms with E-state index in [1.165, 1.54) is 19.1 Å². The highest BCUT2D eigenvalue weighted by molar-refractivity contribution is 7.92. The van der Waals surface area contributed by atoms with Gasteiger partial charge in [0.05, 0.1) is 10.6 Å². The van der Waals surface area contributed by atoms with Crippen LogP contribution < -0.4 is 10.0 Å². The number of carbonyl (C=O) groups is 1. The lowest BCUT2D eigenvalue weighted by Crippen LogP contribution is -2.13. The molecule has 0 saturated heterocycles. The van der Waals surface area contributed by atoms with E-state index in [0.29, 0.717) is 11.4 Å². The first-order valence-electron chi connectivity index (χ1n) is 8.52. The molecular formula is C21H19N3O3S. The lowest BCUT2D eigenvalue weighted by molar-refractivity contribution is -0.114. The summed E-state index contributed by atoms with van der Waals surface area (Å²) in [6, 6.07) is 18.7. The maximum absolute atomic E-state index is 12.6. The Bertz CT molecular complexity index is 1090. The first kappa shape index (κ1) is 19.3. The van der Waals surface area contributed by atoms with Crippen molar-refractivity contribution < 1.29 is 13.2 Å². The molecule has 1 heterocycles. The van der Waals surface area contributed by atoms with Gasteiger partial charge in [0.15, 0.2) is 0 Å². The standard InChI is InChI=1S/C21H19N3O3S/c1-16(25)23-19-10-12-21(13-11-19)28(26,27)24-20-7-4-5-17(15-20)8-9-18-6-2-3-14-22-18/h2-15,24H,1H3,(H,23,25). The maximum Gasteiger partial charge on any atom is 0.261 e. The van der Waals surface area contributed by atoms with Crippen LogP contribution in [0.25, 0.3) is 12.2 Å². The fraction of sp³-hybridized carbons (Fsp3) is 0.0476. The van der Waals surface area contributed by atoms with Crippen molar-refractivity contribution in [3.05, 3.63) is 84.2 Å². The quantitative estimate of drug-likeness (QED) is 0.662. The Morgan fingerprint density at radius 1 is 0.929 bits per heavy atom. The smallest absolute Gasteiger partial charge is 0.261 e. The molecule has 28 heavy (non-hydrogen) atoms. The van der Waals surface area contributed by atoms with Gasteiger partial charge in [0.1, 0.15) is 0 Å². The third-order valence-electron chi connectivity index (χ3n) is 3.76. The summed E-state index contributed by atoms with van der Waals surface area (Å²) in [5.74, 6) is -0.218. The summed E-state index contributed by atoms with van der Waals surface area (Å²) in [5.41, 5.74) is 2.64. The van der Waals surface area contributed by atoms with Gasteiger partial charge in [0, 0.05) is 24.5 Å². The van der Waals surface area contributed by atoms with Gasteiger partial charge in [-0.2, -0.15) is 0 Å². The minimum absolute atomic E-state index is 0.107. The summed E-state index contributed by atoms with van der Waals surface area (Å²) in [5, 5.41) is 2.60. The second-order valence-corrected chi connectivity index (χ2v) is 7.71. The second kappa shape index (κ2) is 8.49. The number of nitrogens with one attached hydrogen (secondary N) is 2. The van der Waals surface area contributed by atoms with Gasteiger partial charge in [0.25, 0.3) is 10.0 Å². The second-order valence-electron chi connectivity index (χ2n) is 6.02. The summed E-state index contributed by atoms with van der Waals surface area (Å²) < 4.78 is 27.8. The fourth-order valence-corrected chi connectivity index (χ4v) is 3.55. The first-order chi connectivity index (χ1) is 13.4. The van der Waals surface area contributed by atoms with Crippen LogP contribution in [0.4, 0.5) is 11.4 Å². The van der Waals surface area contributed by atoms with E-state index in [1.807, 2.05) is 36.4 Å². The third-order valence-corrected chi connectivity index (χ3v) is 5.16. The van der Waals surface area contributed by atoms with Gasteiger partial charge in [-0.15, -0.1) is 0 Å². The van der Waals surface area contributed by atoms with Crippen molar-refractivity contribution in [2.45, 2.75) is 11.8 Å². The molecule has 2 N–H and O–H groups in total. The summed E-state index contributed by atoms with van der Waals surface area (Å²) in [4.78, 5) is 15.4. The van der Waals surface area contributed by atoms with Gasteiger partial charge in [-0.05, 0) is 60.2 Å². The number of pyridine rings is 1. The van der Waals surface area contributed by atoms with Gasteiger partial charge in [-0.3, -0.25) is 14.5 Å². The average molecular weight is 393 g/mol. The predicted molar refractivity (Wildman–Crippen MR) is 111 cm³/mol. The summed E-state index contributed by atoms with van der Waals surface area (Å²) >= 11 is 0. The largest absolute Gasteiger partial charge is 0.326 e. The van der Waals surface area contributed by atoms with E-state index in [2.05, 4.69) is 15.0 Å². The molecular weight excluding hydrogens is 374 g/mol. The number of aromatic nitrogens is 1. The molecule has 3 rings (SSSR count). The topological polar surface area (TPSA) is 88.2 Å². The van der Waals surface area contributed by atoms with Crippen LogP contribution in [0.2, 0.25) is 0 Å². The SMILES string of the molecule is CC(=O)Nc1ccc(S(=O)(=O)Nc2cccc(C=Cc3ccccn3)c2)cc1. The van der Waals surface area contributed by atoms with Crippen LogP contribution in [-0.4, -0.2) is 19.3 Å². The van der Waals surface area contributed by atoms with E-state index in [-0.39, 0.29) is 10.8 Å². The Balaban J connectivity index is 1.75. The Morgan fingerprint density at radius 3 is 2.39 bits per heavy atom. The normalized spacial score (nSPS) is 11.3. The number of amides is 1. The summed E-state index contributed by atoms with van der Waals surface area (Å²) in [7, 11) is -3.74. The van der Waals surface area contributed by atoms with Crippen LogP contribution in [0.3, 0.4) is 0 Å². The molecule has 1 aromatic heterocycles. The van der Waals surface area contributed by atoms with Crippen molar-refractivity contribution >= 4 is 39.5 Å². The molecule has 1 amide bonds. The zero-order chi connectivity index (χ0) is 20.0. The molecule has 0 saturated carbocycles. The van der Waals surface area contributed by atoms with E-state index in [1.54, 1.807) is 36.5 Å². The number of rotatable bonds is 6. The molecule has 0 aliphatic heterocycles. The van der Waals surface area contributed by atoms with Crippen LogP contribution >= 0.6 is 0 Å². The predicted octanol–water partition coefficient (Wildman–Crippen LogP) is 4.01. The molecule has 0 bridgehead atoms. The average Bonchev–Trinajstić information content (AvgIpc) is 2.67. The molecule has 0 spiro atoms. The molecule has 0 aliphatic carbocycles. The number of hydrogen-bond donors (Lipinski definition) is 2. The van der Waals surface area contributed by atoms with Crippen molar-refractivity contribution in [1.82, 2.24) is 4.98 Å². The molecule has 0 atom stereocenters. The van der Waals surface area contributed by atoms with Crippen LogP contribution in [0, 0.1) is 0 Å². The maximum atomic E-state index is 12.6. The molecule has 0 aliphatic rings. The van der Waals surface area contributed by atoms with E-state index in [4.69, 9.17) is 0 Å². The Morgan fingerprint density at radius 2 is 1.71 bits per heavy atom. The Labute approximate surface area is 164 Å². The van der Waals surface area contributed by atoms with Gasteiger partial charge in [-0.1, -0.05) is 24.3 Å².